The molecule has 1 aliphatic rings. The van der Waals surface area contributed by atoms with Crippen LogP contribution in [0.3, 0.4) is 0 Å². The average molecular weight is 377 g/mol. The first-order valence-electron chi connectivity index (χ1n) is 7.95. The number of amides is 1. The van der Waals surface area contributed by atoms with Crippen LogP contribution in [0.2, 0.25) is 0 Å². The second kappa shape index (κ2) is 7.32. The third-order valence-electron chi connectivity index (χ3n) is 3.86. The predicted octanol–water partition coefficient (Wildman–Crippen LogP) is 0.973. The van der Waals surface area contributed by atoms with Gasteiger partial charge in [0, 0.05) is 6.04 Å². The molecule has 1 fully saturated rings. The van der Waals surface area contributed by atoms with Crippen LogP contribution in [0.1, 0.15) is 6.92 Å². The van der Waals surface area contributed by atoms with E-state index in [0.29, 0.717) is 11.5 Å². The second-order valence-corrected chi connectivity index (χ2v) is 7.65. The molecule has 9 heteroatoms. The number of aliphatic hydroxyl groups excluding tert-OH is 1. The fraction of sp³-hybridized carbons (Fsp3) is 0.235. The zero-order chi connectivity index (χ0) is 18.7. The Labute approximate surface area is 151 Å². The highest BCUT2D eigenvalue weighted by Crippen LogP contribution is 2.30. The maximum absolute atomic E-state index is 12.7. The first-order chi connectivity index (χ1) is 12.4. The molecule has 0 radical (unpaired) electrons. The molecular formula is C17H19N3O5S. The number of benzene rings is 2. The van der Waals surface area contributed by atoms with E-state index in [1.54, 1.807) is 48.5 Å². The lowest BCUT2D eigenvalue weighted by Gasteiger charge is -2.32. The fourth-order valence-corrected chi connectivity index (χ4v) is 4.27. The molecule has 0 aromatic heterocycles. The number of para-hydroxylation sites is 3. The predicted molar refractivity (Wildman–Crippen MR) is 96.0 cm³/mol. The molecule has 4 N–H and O–H groups in total. The van der Waals surface area contributed by atoms with Gasteiger partial charge in [0.2, 0.25) is 15.9 Å². The Kier molecular flexibility index (Phi) is 5.12. The van der Waals surface area contributed by atoms with Crippen molar-refractivity contribution in [2.45, 2.75) is 24.6 Å². The van der Waals surface area contributed by atoms with Gasteiger partial charge in [0.25, 0.3) is 0 Å². The Morgan fingerprint density at radius 1 is 1.08 bits per heavy atom. The summed E-state index contributed by atoms with van der Waals surface area (Å²) in [7, 11) is -4.09. The lowest BCUT2D eigenvalue weighted by molar-refractivity contribution is -0.127. The molecule has 26 heavy (non-hydrogen) atoms. The number of carbonyl (C=O) groups is 1. The average Bonchev–Trinajstić information content (AvgIpc) is 2.56. The van der Waals surface area contributed by atoms with Crippen molar-refractivity contribution in [2.75, 3.05) is 4.72 Å². The number of rotatable bonds is 5. The van der Waals surface area contributed by atoms with Gasteiger partial charge in [0.1, 0.15) is 5.75 Å². The van der Waals surface area contributed by atoms with E-state index in [1.165, 1.54) is 6.92 Å². The molecule has 1 amide bonds. The third-order valence-corrected chi connectivity index (χ3v) is 5.65. The molecule has 8 nitrogen and oxygen atoms in total. The number of ether oxygens (including phenoxy) is 1. The van der Waals surface area contributed by atoms with Gasteiger partial charge >= 0.3 is 0 Å². The van der Waals surface area contributed by atoms with Crippen LogP contribution >= 0.6 is 0 Å². The van der Waals surface area contributed by atoms with Crippen LogP contribution in [0.4, 0.5) is 5.69 Å². The summed E-state index contributed by atoms with van der Waals surface area (Å²) >= 11 is 0. The Bertz CT molecular complexity index is 888. The number of sulfonamides is 1. The van der Waals surface area contributed by atoms with Crippen LogP contribution in [-0.2, 0) is 14.8 Å². The molecule has 1 aliphatic heterocycles. The summed E-state index contributed by atoms with van der Waals surface area (Å²) in [4.78, 5) is 12.1. The number of anilines is 1. The van der Waals surface area contributed by atoms with Crippen molar-refractivity contribution in [3.63, 3.8) is 0 Å². The maximum atomic E-state index is 12.7. The molecule has 138 valence electrons. The van der Waals surface area contributed by atoms with Crippen molar-refractivity contribution in [1.29, 1.82) is 0 Å². The molecule has 0 aliphatic carbocycles. The van der Waals surface area contributed by atoms with E-state index in [1.807, 2.05) is 6.07 Å². The van der Waals surface area contributed by atoms with Crippen LogP contribution in [0.5, 0.6) is 11.5 Å². The van der Waals surface area contributed by atoms with Crippen molar-refractivity contribution in [3.8, 4) is 11.5 Å². The summed E-state index contributed by atoms with van der Waals surface area (Å²) in [6, 6.07) is 14.7. The van der Waals surface area contributed by atoms with E-state index in [-0.39, 0.29) is 5.69 Å². The summed E-state index contributed by atoms with van der Waals surface area (Å²) in [6.45, 7) is 1.51. The number of nitrogens with one attached hydrogen (secondary N) is 3. The summed E-state index contributed by atoms with van der Waals surface area (Å²) in [5.74, 6) is 0.0737. The molecule has 1 heterocycles. The minimum absolute atomic E-state index is 0.211. The van der Waals surface area contributed by atoms with Crippen molar-refractivity contribution >= 4 is 21.6 Å². The van der Waals surface area contributed by atoms with Crippen LogP contribution in [-0.4, -0.2) is 37.1 Å². The highest BCUT2D eigenvalue weighted by molar-refractivity contribution is 7.94. The standard InChI is InChI=1S/C17H19N3O5S/c1-11-15(16(21)19-17(22)18-11)26(23,24)20-13-9-5-6-10-14(13)25-12-7-3-2-4-8-12/h2-11,15,17-18,20,22H,1H3,(H,19,21). The normalized spacial score (nSPS) is 23.2. The topological polar surface area (TPSA) is 117 Å². The van der Waals surface area contributed by atoms with Crippen LogP contribution in [0, 0.1) is 0 Å². The zero-order valence-corrected chi connectivity index (χ0v) is 14.7. The number of carbonyl (C=O) groups excluding carboxylic acids is 1. The fourth-order valence-electron chi connectivity index (χ4n) is 2.70. The summed E-state index contributed by atoms with van der Waals surface area (Å²) in [5, 5.41) is 12.8. The summed E-state index contributed by atoms with van der Waals surface area (Å²) < 4.78 is 33.6. The van der Waals surface area contributed by atoms with Gasteiger partial charge in [-0.1, -0.05) is 30.3 Å². The van der Waals surface area contributed by atoms with E-state index in [0.717, 1.165) is 0 Å². The zero-order valence-electron chi connectivity index (χ0n) is 13.9. The Morgan fingerprint density at radius 2 is 1.73 bits per heavy atom. The Hall–Kier alpha value is -2.62. The second-order valence-electron chi connectivity index (χ2n) is 5.85. The van der Waals surface area contributed by atoms with Gasteiger partial charge in [-0.05, 0) is 31.2 Å². The van der Waals surface area contributed by atoms with E-state index in [9.17, 15) is 18.3 Å². The lowest BCUT2D eigenvalue weighted by atomic mass is 10.2. The number of aliphatic hydroxyl groups is 1. The van der Waals surface area contributed by atoms with Gasteiger partial charge in [0.05, 0.1) is 5.69 Å². The third kappa shape index (κ3) is 3.96. The van der Waals surface area contributed by atoms with Gasteiger partial charge in [-0.25, -0.2) is 8.42 Å². The quantitative estimate of drug-likeness (QED) is 0.617. The van der Waals surface area contributed by atoms with Gasteiger partial charge in [-0.3, -0.25) is 14.8 Å². The van der Waals surface area contributed by atoms with Crippen LogP contribution in [0.15, 0.2) is 54.6 Å². The highest BCUT2D eigenvalue weighted by Gasteiger charge is 2.42. The Morgan fingerprint density at radius 3 is 2.42 bits per heavy atom. The molecular weight excluding hydrogens is 358 g/mol. The maximum Gasteiger partial charge on any atom is 0.246 e. The lowest BCUT2D eigenvalue weighted by Crippen LogP contribution is -2.65. The first-order valence-corrected chi connectivity index (χ1v) is 9.49. The first kappa shape index (κ1) is 18.2. The highest BCUT2D eigenvalue weighted by atomic mass is 32.2. The van der Waals surface area contributed by atoms with Crippen LogP contribution < -0.4 is 20.1 Å². The van der Waals surface area contributed by atoms with Gasteiger partial charge in [-0.2, -0.15) is 0 Å². The monoisotopic (exact) mass is 377 g/mol. The Balaban J connectivity index is 1.85. The molecule has 3 rings (SSSR count). The van der Waals surface area contributed by atoms with Crippen molar-refractivity contribution < 1.29 is 23.1 Å². The van der Waals surface area contributed by atoms with Gasteiger partial charge in [0.15, 0.2) is 17.4 Å². The van der Waals surface area contributed by atoms with E-state index in [2.05, 4.69) is 15.4 Å². The van der Waals surface area contributed by atoms with Gasteiger partial charge in [-0.15, -0.1) is 0 Å². The van der Waals surface area contributed by atoms with Gasteiger partial charge < -0.3 is 15.2 Å². The van der Waals surface area contributed by atoms with Crippen molar-refractivity contribution in [2.24, 2.45) is 0 Å². The largest absolute Gasteiger partial charge is 0.455 e. The van der Waals surface area contributed by atoms with Crippen LogP contribution in [0.25, 0.3) is 0 Å². The number of hydrogen-bond donors (Lipinski definition) is 4. The summed E-state index contributed by atoms with van der Waals surface area (Å²) in [6.07, 6.45) is -1.28. The van der Waals surface area contributed by atoms with E-state index < -0.39 is 33.6 Å². The molecule has 3 atom stereocenters. The molecule has 0 bridgehead atoms. The molecule has 2 aromatic rings. The molecule has 2 aromatic carbocycles. The molecule has 0 spiro atoms. The summed E-state index contributed by atoms with van der Waals surface area (Å²) in [5.41, 5.74) is 0.211. The number of hydrogen-bond acceptors (Lipinski definition) is 6. The smallest absolute Gasteiger partial charge is 0.246 e. The van der Waals surface area contributed by atoms with E-state index >= 15 is 0 Å². The van der Waals surface area contributed by atoms with Crippen molar-refractivity contribution in [1.82, 2.24) is 10.6 Å². The molecule has 0 saturated carbocycles. The minimum atomic E-state index is -4.09. The minimum Gasteiger partial charge on any atom is -0.455 e. The molecule has 1 saturated heterocycles. The molecule has 3 unspecified atom stereocenters. The van der Waals surface area contributed by atoms with E-state index in [4.69, 9.17) is 4.74 Å². The van der Waals surface area contributed by atoms with Crippen molar-refractivity contribution in [3.05, 3.63) is 54.6 Å². The SMILES string of the molecule is CC1NC(O)NC(=O)C1S(=O)(=O)Nc1ccccc1Oc1ccccc1.